The molecule has 124 valence electrons. The smallest absolute Gasteiger partial charge is 0.245 e. The van der Waals surface area contributed by atoms with Crippen molar-refractivity contribution in [3.63, 3.8) is 0 Å². The van der Waals surface area contributed by atoms with E-state index >= 15 is 0 Å². The van der Waals surface area contributed by atoms with Gasteiger partial charge in [-0.1, -0.05) is 6.07 Å². The molecule has 1 amide bonds. The van der Waals surface area contributed by atoms with Gasteiger partial charge in [0.2, 0.25) is 5.91 Å². The average molecular weight is 325 g/mol. The van der Waals surface area contributed by atoms with Crippen molar-refractivity contribution < 1.29 is 4.79 Å². The summed E-state index contributed by atoms with van der Waals surface area (Å²) in [7, 11) is 0. The van der Waals surface area contributed by atoms with Crippen LogP contribution in [0.5, 0.6) is 0 Å². The van der Waals surface area contributed by atoms with Crippen LogP contribution in [-0.4, -0.2) is 47.5 Å². The van der Waals surface area contributed by atoms with Crippen LogP contribution in [-0.2, 0) is 11.3 Å². The van der Waals surface area contributed by atoms with E-state index in [9.17, 15) is 4.79 Å². The highest BCUT2D eigenvalue weighted by atomic mass is 16.2. The Kier molecular flexibility index (Phi) is 3.72. The van der Waals surface area contributed by atoms with Crippen molar-refractivity contribution in [3.05, 3.63) is 35.9 Å². The molecule has 2 aromatic heterocycles. The number of fused-ring (bicyclic) bond motifs is 1. The maximum Gasteiger partial charge on any atom is 0.245 e. The number of aromatic amines is 1. The molecule has 0 saturated carbocycles. The fourth-order valence-electron chi connectivity index (χ4n) is 3.30. The molecule has 0 bridgehead atoms. The first-order valence-electron chi connectivity index (χ1n) is 8.17. The molecular formula is C16H19N7O. The summed E-state index contributed by atoms with van der Waals surface area (Å²) in [6.07, 6.45) is 4.48. The SMILES string of the molecule is Cc1ccc2nc([C@@H]3CCCCN3C(=O)Cn3cnnn3)[nH]c2c1. The molecule has 1 saturated heterocycles. The minimum Gasteiger partial charge on any atom is -0.340 e. The summed E-state index contributed by atoms with van der Waals surface area (Å²) in [4.78, 5) is 22.7. The molecule has 0 aliphatic carbocycles. The molecule has 3 heterocycles. The lowest BCUT2D eigenvalue weighted by Crippen LogP contribution is -2.40. The normalized spacial score (nSPS) is 18.2. The minimum absolute atomic E-state index is 0.0173. The van der Waals surface area contributed by atoms with Gasteiger partial charge < -0.3 is 9.88 Å². The quantitative estimate of drug-likeness (QED) is 0.790. The lowest BCUT2D eigenvalue weighted by molar-refractivity contribution is -0.136. The van der Waals surface area contributed by atoms with Crippen molar-refractivity contribution >= 4 is 16.9 Å². The molecule has 0 spiro atoms. The van der Waals surface area contributed by atoms with Crippen LogP contribution >= 0.6 is 0 Å². The Morgan fingerprint density at radius 2 is 2.29 bits per heavy atom. The van der Waals surface area contributed by atoms with Gasteiger partial charge in [0.25, 0.3) is 0 Å². The summed E-state index contributed by atoms with van der Waals surface area (Å²) in [5.41, 5.74) is 3.14. The van der Waals surface area contributed by atoms with Gasteiger partial charge in [0.1, 0.15) is 18.7 Å². The third kappa shape index (κ3) is 2.75. The minimum atomic E-state index is -0.0181. The molecule has 0 unspecified atom stereocenters. The number of benzene rings is 1. The van der Waals surface area contributed by atoms with Crippen LogP contribution in [0.1, 0.15) is 36.7 Å². The lowest BCUT2D eigenvalue weighted by atomic mass is 10.0. The summed E-state index contributed by atoms with van der Waals surface area (Å²) >= 11 is 0. The first-order valence-corrected chi connectivity index (χ1v) is 8.17. The van der Waals surface area contributed by atoms with Crippen molar-refractivity contribution in [2.75, 3.05) is 6.54 Å². The molecule has 1 aliphatic heterocycles. The van der Waals surface area contributed by atoms with Crippen LogP contribution in [0.3, 0.4) is 0 Å². The predicted molar refractivity (Wildman–Crippen MR) is 87.0 cm³/mol. The Bertz CT molecular complexity index is 855. The number of H-pyrrole nitrogens is 1. The van der Waals surface area contributed by atoms with Crippen molar-refractivity contribution in [3.8, 4) is 0 Å². The topological polar surface area (TPSA) is 92.6 Å². The standard InChI is InChI=1S/C16H19N7O/c1-11-5-6-12-13(8-11)19-16(18-12)14-4-2-3-7-23(14)15(24)9-22-10-17-20-21-22/h5-6,8,10,14H,2-4,7,9H2,1H3,(H,18,19)/t14-/m0/s1. The fraction of sp³-hybridized carbons (Fsp3) is 0.438. The Balaban J connectivity index is 1.61. The number of aryl methyl sites for hydroxylation is 1. The largest absolute Gasteiger partial charge is 0.340 e. The van der Waals surface area contributed by atoms with E-state index in [1.165, 1.54) is 16.6 Å². The van der Waals surface area contributed by atoms with Gasteiger partial charge in [-0.2, -0.15) is 0 Å². The number of likely N-dealkylation sites (tertiary alicyclic amines) is 1. The average Bonchev–Trinajstić information content (AvgIpc) is 3.23. The highest BCUT2D eigenvalue weighted by Gasteiger charge is 2.30. The van der Waals surface area contributed by atoms with E-state index in [-0.39, 0.29) is 18.5 Å². The zero-order valence-corrected chi connectivity index (χ0v) is 13.5. The molecule has 4 rings (SSSR count). The van der Waals surface area contributed by atoms with Gasteiger partial charge in [0.15, 0.2) is 0 Å². The van der Waals surface area contributed by atoms with Gasteiger partial charge in [-0.25, -0.2) is 9.67 Å². The van der Waals surface area contributed by atoms with E-state index < -0.39 is 0 Å². The Hall–Kier alpha value is -2.77. The third-order valence-electron chi connectivity index (χ3n) is 4.48. The van der Waals surface area contributed by atoms with Crippen molar-refractivity contribution in [2.45, 2.75) is 38.8 Å². The maximum atomic E-state index is 12.7. The summed E-state index contributed by atoms with van der Waals surface area (Å²) < 4.78 is 1.45. The van der Waals surface area contributed by atoms with E-state index in [0.717, 1.165) is 42.7 Å². The first-order chi connectivity index (χ1) is 11.7. The summed E-state index contributed by atoms with van der Waals surface area (Å²) in [6.45, 7) is 2.95. The molecule has 1 N–H and O–H groups in total. The molecule has 1 aliphatic rings. The van der Waals surface area contributed by atoms with Gasteiger partial charge in [-0.3, -0.25) is 4.79 Å². The first kappa shape index (κ1) is 14.8. The highest BCUT2D eigenvalue weighted by Crippen LogP contribution is 2.30. The van der Waals surface area contributed by atoms with Crippen LogP contribution in [0.4, 0.5) is 0 Å². The predicted octanol–water partition coefficient (Wildman–Crippen LogP) is 1.61. The number of tetrazole rings is 1. The van der Waals surface area contributed by atoms with Gasteiger partial charge in [-0.05, 0) is 54.3 Å². The summed E-state index contributed by atoms with van der Waals surface area (Å²) in [5.74, 6) is 0.879. The summed E-state index contributed by atoms with van der Waals surface area (Å²) in [5, 5.41) is 10.9. The van der Waals surface area contributed by atoms with Crippen LogP contribution in [0.25, 0.3) is 11.0 Å². The number of carbonyl (C=O) groups excluding carboxylic acids is 1. The molecule has 1 fully saturated rings. The van der Waals surface area contributed by atoms with Gasteiger partial charge in [-0.15, -0.1) is 5.10 Å². The van der Waals surface area contributed by atoms with Crippen LogP contribution < -0.4 is 0 Å². The zero-order valence-electron chi connectivity index (χ0n) is 13.5. The lowest BCUT2D eigenvalue weighted by Gasteiger charge is -2.34. The second-order valence-electron chi connectivity index (χ2n) is 6.25. The Morgan fingerprint density at radius 1 is 1.38 bits per heavy atom. The number of amides is 1. The number of nitrogens with zero attached hydrogens (tertiary/aromatic N) is 6. The van der Waals surface area contributed by atoms with E-state index in [1.54, 1.807) is 0 Å². The van der Waals surface area contributed by atoms with Crippen molar-refractivity contribution in [1.82, 2.24) is 35.1 Å². The Labute approximate surface area is 138 Å². The van der Waals surface area contributed by atoms with E-state index in [1.807, 2.05) is 11.0 Å². The van der Waals surface area contributed by atoms with Crippen molar-refractivity contribution in [1.29, 1.82) is 0 Å². The van der Waals surface area contributed by atoms with Gasteiger partial charge in [0, 0.05) is 6.54 Å². The number of nitrogens with one attached hydrogen (secondary N) is 1. The zero-order chi connectivity index (χ0) is 16.5. The molecule has 1 atom stereocenters. The third-order valence-corrected chi connectivity index (χ3v) is 4.48. The molecule has 8 heteroatoms. The maximum absolute atomic E-state index is 12.7. The van der Waals surface area contributed by atoms with Crippen LogP contribution in [0.2, 0.25) is 0 Å². The monoisotopic (exact) mass is 325 g/mol. The van der Waals surface area contributed by atoms with Crippen LogP contribution in [0, 0.1) is 6.92 Å². The van der Waals surface area contributed by atoms with Crippen LogP contribution in [0.15, 0.2) is 24.5 Å². The number of aromatic nitrogens is 6. The van der Waals surface area contributed by atoms with Gasteiger partial charge >= 0.3 is 0 Å². The number of hydrogen-bond donors (Lipinski definition) is 1. The molecular weight excluding hydrogens is 306 g/mol. The number of carbonyl (C=O) groups is 1. The number of rotatable bonds is 3. The second kappa shape index (κ2) is 6.03. The number of imidazole rings is 1. The van der Waals surface area contributed by atoms with E-state index in [0.29, 0.717) is 0 Å². The molecule has 1 aromatic carbocycles. The Morgan fingerprint density at radius 3 is 3.12 bits per heavy atom. The molecule has 24 heavy (non-hydrogen) atoms. The van der Waals surface area contributed by atoms with Gasteiger partial charge in [0.05, 0.1) is 17.1 Å². The second-order valence-corrected chi connectivity index (χ2v) is 6.25. The molecule has 0 radical (unpaired) electrons. The molecule has 3 aromatic rings. The summed E-state index contributed by atoms with van der Waals surface area (Å²) in [6, 6.07) is 6.13. The highest BCUT2D eigenvalue weighted by molar-refractivity contribution is 5.78. The number of hydrogen-bond acceptors (Lipinski definition) is 5. The van der Waals surface area contributed by atoms with E-state index in [4.69, 9.17) is 4.98 Å². The fourth-order valence-corrected chi connectivity index (χ4v) is 3.30. The van der Waals surface area contributed by atoms with Crippen molar-refractivity contribution in [2.24, 2.45) is 0 Å². The van der Waals surface area contributed by atoms with E-state index in [2.05, 4.69) is 39.6 Å². The molecule has 8 nitrogen and oxygen atoms in total. The number of piperidine rings is 1.